The average molecular weight is 267 g/mol. The van der Waals surface area contributed by atoms with Crippen LogP contribution >= 0.6 is 11.3 Å². The fraction of sp³-hybridized carbons (Fsp3) is 0.692. The fourth-order valence-electron chi connectivity index (χ4n) is 1.63. The van der Waals surface area contributed by atoms with Crippen LogP contribution in [0.15, 0.2) is 0 Å². The molecule has 1 saturated carbocycles. The van der Waals surface area contributed by atoms with Gasteiger partial charge in [-0.1, -0.05) is 25.2 Å². The smallest absolute Gasteiger partial charge is 0.263 e. The molecule has 1 aliphatic carbocycles. The topological polar surface area (TPSA) is 54.0 Å². The van der Waals surface area contributed by atoms with E-state index in [1.54, 1.807) is 0 Å². The zero-order valence-corrected chi connectivity index (χ0v) is 12.1. The Labute approximate surface area is 112 Å². The lowest BCUT2D eigenvalue weighted by Gasteiger charge is -2.05. The molecule has 0 aromatic carbocycles. The minimum Gasteiger partial charge on any atom is -0.359 e. The molecule has 1 amide bonds. The number of aromatic nitrogens is 1. The van der Waals surface area contributed by atoms with Crippen molar-refractivity contribution >= 4 is 22.4 Å². The Balaban J connectivity index is 1.89. The molecule has 4 nitrogen and oxygen atoms in total. The van der Waals surface area contributed by atoms with Crippen molar-refractivity contribution in [3.8, 4) is 0 Å². The number of aryl methyl sites for hydroxylation is 1. The first-order valence-corrected chi connectivity index (χ1v) is 7.40. The second kappa shape index (κ2) is 5.69. The first kappa shape index (κ1) is 13.3. The van der Waals surface area contributed by atoms with Crippen LogP contribution in [0.3, 0.4) is 0 Å². The largest absolute Gasteiger partial charge is 0.359 e. The molecule has 1 aromatic heterocycles. The Bertz CT molecular complexity index is 424. The summed E-state index contributed by atoms with van der Waals surface area (Å²) >= 11 is 1.46. The van der Waals surface area contributed by atoms with Crippen molar-refractivity contribution in [3.05, 3.63) is 10.6 Å². The maximum Gasteiger partial charge on any atom is 0.263 e. The van der Waals surface area contributed by atoms with Gasteiger partial charge in [0.25, 0.3) is 5.91 Å². The van der Waals surface area contributed by atoms with Gasteiger partial charge in [-0.15, -0.1) is 0 Å². The van der Waals surface area contributed by atoms with Crippen LogP contribution in [-0.2, 0) is 0 Å². The highest BCUT2D eigenvalue weighted by molar-refractivity contribution is 7.17. The molecule has 0 bridgehead atoms. The summed E-state index contributed by atoms with van der Waals surface area (Å²) in [4.78, 5) is 17.1. The number of amides is 1. The zero-order chi connectivity index (χ0) is 13.1. The molecule has 1 heterocycles. The predicted molar refractivity (Wildman–Crippen MR) is 75.3 cm³/mol. The minimum atomic E-state index is 0.00879. The molecule has 1 fully saturated rings. The van der Waals surface area contributed by atoms with E-state index in [-0.39, 0.29) is 5.91 Å². The maximum atomic E-state index is 12.0. The van der Waals surface area contributed by atoms with Gasteiger partial charge in [0, 0.05) is 12.6 Å². The van der Waals surface area contributed by atoms with Crippen LogP contribution in [0.1, 0.15) is 48.5 Å². The molecule has 0 radical (unpaired) electrons. The summed E-state index contributed by atoms with van der Waals surface area (Å²) in [6.45, 7) is 6.94. The van der Waals surface area contributed by atoms with E-state index in [1.807, 2.05) is 6.92 Å². The third-order valence-electron chi connectivity index (χ3n) is 2.92. The van der Waals surface area contributed by atoms with Crippen LogP contribution in [-0.4, -0.2) is 23.5 Å². The summed E-state index contributed by atoms with van der Waals surface area (Å²) in [6, 6.07) is 0.576. The third kappa shape index (κ3) is 3.70. The number of thiazole rings is 1. The number of carbonyl (C=O) groups is 1. The molecule has 1 aromatic rings. The third-order valence-corrected chi connectivity index (χ3v) is 4.00. The van der Waals surface area contributed by atoms with E-state index in [0.29, 0.717) is 12.0 Å². The van der Waals surface area contributed by atoms with Crippen LogP contribution in [0.25, 0.3) is 0 Å². The van der Waals surface area contributed by atoms with Gasteiger partial charge in [-0.05, 0) is 32.1 Å². The number of nitrogens with zero attached hydrogens (tertiary/aromatic N) is 1. The molecule has 100 valence electrons. The second-order valence-corrected chi connectivity index (χ2v) is 6.29. The quantitative estimate of drug-likeness (QED) is 0.833. The lowest BCUT2D eigenvalue weighted by molar-refractivity contribution is 0.0955. The highest BCUT2D eigenvalue weighted by atomic mass is 32.1. The highest BCUT2D eigenvalue weighted by Crippen LogP contribution is 2.29. The number of carbonyl (C=O) groups excluding carboxylic acids is 1. The summed E-state index contributed by atoms with van der Waals surface area (Å²) in [5.41, 5.74) is 0.824. The van der Waals surface area contributed by atoms with Gasteiger partial charge in [0.05, 0.1) is 5.69 Å². The van der Waals surface area contributed by atoms with E-state index < -0.39 is 0 Å². The Morgan fingerprint density at radius 1 is 1.50 bits per heavy atom. The molecular weight excluding hydrogens is 246 g/mol. The van der Waals surface area contributed by atoms with Gasteiger partial charge in [0.15, 0.2) is 5.13 Å². The number of anilines is 1. The number of hydrogen-bond donors (Lipinski definition) is 2. The fourth-order valence-corrected chi connectivity index (χ4v) is 2.59. The van der Waals surface area contributed by atoms with Gasteiger partial charge < -0.3 is 10.6 Å². The van der Waals surface area contributed by atoms with Gasteiger partial charge in [-0.25, -0.2) is 4.98 Å². The predicted octanol–water partition coefficient (Wildman–Crippen LogP) is 2.80. The Morgan fingerprint density at radius 2 is 2.22 bits per heavy atom. The molecule has 1 aliphatic rings. The van der Waals surface area contributed by atoms with Crippen LogP contribution in [0.5, 0.6) is 0 Å². The van der Waals surface area contributed by atoms with Crippen LogP contribution in [0, 0.1) is 12.8 Å². The molecule has 2 N–H and O–H groups in total. The molecule has 0 aliphatic heterocycles. The number of rotatable bonds is 6. The molecule has 0 saturated heterocycles. The van der Waals surface area contributed by atoms with Gasteiger partial charge in [-0.3, -0.25) is 4.79 Å². The summed E-state index contributed by atoms with van der Waals surface area (Å²) < 4.78 is 0. The highest BCUT2D eigenvalue weighted by Gasteiger charge is 2.23. The van der Waals surface area contributed by atoms with Crippen LogP contribution in [0.4, 0.5) is 5.13 Å². The van der Waals surface area contributed by atoms with Crippen molar-refractivity contribution in [2.75, 3.05) is 11.9 Å². The lowest BCUT2D eigenvalue weighted by atomic mass is 10.1. The molecule has 0 spiro atoms. The van der Waals surface area contributed by atoms with Crippen molar-refractivity contribution < 1.29 is 4.79 Å². The summed E-state index contributed by atoms with van der Waals surface area (Å²) in [5.74, 6) is 0.620. The minimum absolute atomic E-state index is 0.00879. The van der Waals surface area contributed by atoms with E-state index >= 15 is 0 Å². The first-order valence-electron chi connectivity index (χ1n) is 6.58. The molecule has 18 heavy (non-hydrogen) atoms. The van der Waals surface area contributed by atoms with Gasteiger partial charge in [0.1, 0.15) is 4.88 Å². The van der Waals surface area contributed by atoms with Gasteiger partial charge in [0.2, 0.25) is 0 Å². The van der Waals surface area contributed by atoms with Crippen molar-refractivity contribution in [2.24, 2.45) is 5.92 Å². The summed E-state index contributed by atoms with van der Waals surface area (Å²) in [6.07, 6.45) is 3.44. The van der Waals surface area contributed by atoms with E-state index in [1.165, 1.54) is 24.2 Å². The molecular formula is C13H21N3OS. The Kier molecular flexibility index (Phi) is 4.22. The molecule has 2 rings (SSSR count). The monoisotopic (exact) mass is 267 g/mol. The lowest BCUT2D eigenvalue weighted by Crippen LogP contribution is -2.25. The van der Waals surface area contributed by atoms with Gasteiger partial charge >= 0.3 is 0 Å². The molecule has 0 atom stereocenters. The van der Waals surface area contributed by atoms with Gasteiger partial charge in [-0.2, -0.15) is 0 Å². The maximum absolute atomic E-state index is 12.0. The normalized spacial score (nSPS) is 14.9. The summed E-state index contributed by atoms with van der Waals surface area (Å²) in [7, 11) is 0. The van der Waals surface area contributed by atoms with Crippen LogP contribution in [0.2, 0.25) is 0 Å². The van der Waals surface area contributed by atoms with Crippen molar-refractivity contribution in [1.29, 1.82) is 0 Å². The van der Waals surface area contributed by atoms with E-state index in [4.69, 9.17) is 0 Å². The number of nitrogens with one attached hydrogen (secondary N) is 2. The average Bonchev–Trinajstić information content (AvgIpc) is 3.01. The zero-order valence-electron chi connectivity index (χ0n) is 11.2. The Hall–Kier alpha value is -1.10. The van der Waals surface area contributed by atoms with Crippen molar-refractivity contribution in [1.82, 2.24) is 10.3 Å². The van der Waals surface area contributed by atoms with E-state index in [0.717, 1.165) is 28.7 Å². The first-order chi connectivity index (χ1) is 8.56. The SMILES string of the molecule is Cc1nc(NC2CC2)sc1C(=O)NCCC(C)C. The summed E-state index contributed by atoms with van der Waals surface area (Å²) in [5, 5.41) is 7.17. The Morgan fingerprint density at radius 3 is 2.83 bits per heavy atom. The van der Waals surface area contributed by atoms with Crippen LogP contribution < -0.4 is 10.6 Å². The van der Waals surface area contributed by atoms with E-state index in [2.05, 4.69) is 29.5 Å². The second-order valence-electron chi connectivity index (χ2n) is 5.29. The molecule has 5 heteroatoms. The molecule has 0 unspecified atom stereocenters. The van der Waals surface area contributed by atoms with Crippen molar-refractivity contribution in [2.45, 2.75) is 46.1 Å². The number of hydrogen-bond acceptors (Lipinski definition) is 4. The standard InChI is InChI=1S/C13H21N3OS/c1-8(2)6-7-14-12(17)11-9(3)15-13(18-11)16-10-4-5-10/h8,10H,4-7H2,1-3H3,(H,14,17)(H,15,16). The van der Waals surface area contributed by atoms with E-state index in [9.17, 15) is 4.79 Å². The van der Waals surface area contributed by atoms with Crippen molar-refractivity contribution in [3.63, 3.8) is 0 Å².